The number of aromatic carboxylic acids is 1. The maximum absolute atomic E-state index is 11.0. The Labute approximate surface area is 121 Å². The first-order valence-electron chi connectivity index (χ1n) is 6.50. The van der Waals surface area contributed by atoms with E-state index in [0.717, 1.165) is 16.3 Å². The summed E-state index contributed by atoms with van der Waals surface area (Å²) < 4.78 is 0. The number of benzene rings is 2. The van der Waals surface area contributed by atoms with E-state index in [9.17, 15) is 4.79 Å². The summed E-state index contributed by atoms with van der Waals surface area (Å²) in [5.74, 6) is -0.240. The van der Waals surface area contributed by atoms with E-state index in [4.69, 9.17) is 5.11 Å². The molecule has 1 heterocycles. The van der Waals surface area contributed by atoms with E-state index < -0.39 is 5.97 Å². The number of aromatic nitrogens is 2. The van der Waals surface area contributed by atoms with Crippen LogP contribution in [0, 0.1) is 0 Å². The lowest BCUT2D eigenvalue weighted by molar-refractivity contribution is 0.0697. The van der Waals surface area contributed by atoms with Gasteiger partial charge in [0.1, 0.15) is 0 Å². The maximum Gasteiger partial charge on any atom is 0.335 e. The van der Waals surface area contributed by atoms with Crippen LogP contribution in [0.5, 0.6) is 0 Å². The van der Waals surface area contributed by atoms with Crippen LogP contribution in [0.15, 0.2) is 54.7 Å². The highest BCUT2D eigenvalue weighted by Crippen LogP contribution is 2.19. The van der Waals surface area contributed by atoms with E-state index in [2.05, 4.69) is 15.5 Å². The number of nitrogens with zero attached hydrogens (tertiary/aromatic N) is 2. The third-order valence-corrected chi connectivity index (χ3v) is 3.20. The molecule has 0 unspecified atom stereocenters. The van der Waals surface area contributed by atoms with E-state index >= 15 is 0 Å². The Morgan fingerprint density at radius 1 is 1.14 bits per heavy atom. The Hall–Kier alpha value is -2.95. The molecule has 2 N–H and O–H groups in total. The van der Waals surface area contributed by atoms with Crippen LogP contribution in [-0.2, 0) is 6.54 Å². The maximum atomic E-state index is 11.0. The van der Waals surface area contributed by atoms with Crippen LogP contribution >= 0.6 is 0 Å². The van der Waals surface area contributed by atoms with Gasteiger partial charge in [-0.1, -0.05) is 36.4 Å². The van der Waals surface area contributed by atoms with Gasteiger partial charge in [0.2, 0.25) is 0 Å². The molecule has 0 atom stereocenters. The summed E-state index contributed by atoms with van der Waals surface area (Å²) in [7, 11) is 0. The zero-order valence-corrected chi connectivity index (χ0v) is 11.2. The lowest BCUT2D eigenvalue weighted by Gasteiger charge is -2.08. The highest BCUT2D eigenvalue weighted by molar-refractivity contribution is 5.91. The summed E-state index contributed by atoms with van der Waals surface area (Å²) in [5.41, 5.74) is 1.16. The number of rotatable bonds is 4. The van der Waals surface area contributed by atoms with E-state index in [1.54, 1.807) is 24.4 Å². The van der Waals surface area contributed by atoms with Crippen molar-refractivity contribution in [3.63, 3.8) is 0 Å². The van der Waals surface area contributed by atoms with Crippen molar-refractivity contribution in [1.82, 2.24) is 10.2 Å². The molecule has 0 aliphatic carbocycles. The molecule has 104 valence electrons. The number of carbonyl (C=O) groups is 1. The van der Waals surface area contributed by atoms with Crippen LogP contribution in [0.4, 0.5) is 5.82 Å². The fourth-order valence-electron chi connectivity index (χ4n) is 2.16. The van der Waals surface area contributed by atoms with Gasteiger partial charge in [0.05, 0.1) is 11.8 Å². The second kappa shape index (κ2) is 5.58. The molecule has 3 aromatic rings. The molecule has 1 aromatic heterocycles. The quantitative estimate of drug-likeness (QED) is 0.768. The lowest BCUT2D eigenvalue weighted by Crippen LogP contribution is -2.04. The van der Waals surface area contributed by atoms with Gasteiger partial charge in [-0.2, -0.15) is 5.10 Å². The lowest BCUT2D eigenvalue weighted by atomic mass is 10.1. The minimum absolute atomic E-state index is 0.276. The van der Waals surface area contributed by atoms with Crippen molar-refractivity contribution >= 4 is 22.6 Å². The molecule has 2 aromatic carbocycles. The molecule has 0 saturated heterocycles. The molecular weight excluding hydrogens is 266 g/mol. The van der Waals surface area contributed by atoms with Crippen LogP contribution in [0.1, 0.15) is 15.9 Å². The van der Waals surface area contributed by atoms with Crippen LogP contribution in [0.2, 0.25) is 0 Å². The molecule has 3 rings (SSSR count). The van der Waals surface area contributed by atoms with E-state index in [-0.39, 0.29) is 5.56 Å². The van der Waals surface area contributed by atoms with Gasteiger partial charge >= 0.3 is 5.97 Å². The molecular formula is C16H13N3O2. The SMILES string of the molecule is O=C(O)c1cccc(CNc2nncc3ccccc23)c1. The van der Waals surface area contributed by atoms with Gasteiger partial charge < -0.3 is 10.4 Å². The van der Waals surface area contributed by atoms with Crippen LogP contribution in [0.3, 0.4) is 0 Å². The van der Waals surface area contributed by atoms with Gasteiger partial charge in [0.15, 0.2) is 5.82 Å². The minimum Gasteiger partial charge on any atom is -0.478 e. The first-order chi connectivity index (χ1) is 10.2. The number of nitrogens with one attached hydrogen (secondary N) is 1. The molecule has 5 heteroatoms. The average molecular weight is 279 g/mol. The monoisotopic (exact) mass is 279 g/mol. The number of hydrogen-bond donors (Lipinski definition) is 2. The van der Waals surface area contributed by atoms with Crippen molar-refractivity contribution in [3.05, 3.63) is 65.9 Å². The zero-order valence-electron chi connectivity index (χ0n) is 11.2. The predicted molar refractivity (Wildman–Crippen MR) is 80.3 cm³/mol. The van der Waals surface area contributed by atoms with E-state index in [1.807, 2.05) is 30.3 Å². The predicted octanol–water partition coefficient (Wildman–Crippen LogP) is 2.94. The second-order valence-corrected chi connectivity index (χ2v) is 4.64. The van der Waals surface area contributed by atoms with Gasteiger partial charge in [-0.05, 0) is 17.7 Å². The van der Waals surface area contributed by atoms with Crippen molar-refractivity contribution in [3.8, 4) is 0 Å². The first-order valence-corrected chi connectivity index (χ1v) is 6.50. The van der Waals surface area contributed by atoms with Gasteiger partial charge in [0, 0.05) is 17.3 Å². The Balaban J connectivity index is 1.84. The Bertz CT molecular complexity index is 797. The minimum atomic E-state index is -0.929. The molecule has 5 nitrogen and oxygen atoms in total. The number of carboxylic acids is 1. The third kappa shape index (κ3) is 2.81. The molecule has 0 fully saturated rings. The molecule has 0 radical (unpaired) electrons. The Morgan fingerprint density at radius 3 is 2.86 bits per heavy atom. The fraction of sp³-hybridized carbons (Fsp3) is 0.0625. The molecule has 0 aliphatic rings. The highest BCUT2D eigenvalue weighted by atomic mass is 16.4. The van der Waals surface area contributed by atoms with Crippen molar-refractivity contribution in [2.75, 3.05) is 5.32 Å². The molecule has 0 bridgehead atoms. The van der Waals surface area contributed by atoms with Crippen molar-refractivity contribution < 1.29 is 9.90 Å². The van der Waals surface area contributed by atoms with E-state index in [0.29, 0.717) is 12.4 Å². The summed E-state index contributed by atoms with van der Waals surface area (Å²) in [6.45, 7) is 0.490. The van der Waals surface area contributed by atoms with Gasteiger partial charge in [-0.15, -0.1) is 5.10 Å². The highest BCUT2D eigenvalue weighted by Gasteiger charge is 2.05. The Morgan fingerprint density at radius 2 is 2.00 bits per heavy atom. The number of fused-ring (bicyclic) bond motifs is 1. The van der Waals surface area contributed by atoms with Gasteiger partial charge in [-0.25, -0.2) is 4.79 Å². The third-order valence-electron chi connectivity index (χ3n) is 3.20. The fourth-order valence-corrected chi connectivity index (χ4v) is 2.16. The standard InChI is InChI=1S/C16H13N3O2/c20-16(21)12-6-3-4-11(8-12)9-17-15-14-7-2-1-5-13(14)10-18-19-15/h1-8,10H,9H2,(H,17,19)(H,20,21). The largest absolute Gasteiger partial charge is 0.478 e. The summed E-state index contributed by atoms with van der Waals surface area (Å²) in [5, 5.41) is 22.3. The van der Waals surface area contributed by atoms with Crippen molar-refractivity contribution in [2.24, 2.45) is 0 Å². The summed E-state index contributed by atoms with van der Waals surface area (Å²) in [6.07, 6.45) is 1.71. The summed E-state index contributed by atoms with van der Waals surface area (Å²) in [6, 6.07) is 14.7. The molecule has 0 spiro atoms. The average Bonchev–Trinajstić information content (AvgIpc) is 2.53. The molecule has 0 amide bonds. The van der Waals surface area contributed by atoms with Gasteiger partial charge in [-0.3, -0.25) is 0 Å². The topological polar surface area (TPSA) is 75.1 Å². The van der Waals surface area contributed by atoms with Crippen LogP contribution in [-0.4, -0.2) is 21.3 Å². The van der Waals surface area contributed by atoms with Crippen molar-refractivity contribution in [2.45, 2.75) is 6.54 Å². The molecule has 21 heavy (non-hydrogen) atoms. The van der Waals surface area contributed by atoms with Crippen LogP contribution in [0.25, 0.3) is 10.8 Å². The van der Waals surface area contributed by atoms with Crippen molar-refractivity contribution in [1.29, 1.82) is 0 Å². The van der Waals surface area contributed by atoms with E-state index in [1.165, 1.54) is 0 Å². The zero-order chi connectivity index (χ0) is 14.7. The van der Waals surface area contributed by atoms with Crippen LogP contribution < -0.4 is 5.32 Å². The summed E-state index contributed by atoms with van der Waals surface area (Å²) >= 11 is 0. The molecule has 0 aliphatic heterocycles. The Kier molecular flexibility index (Phi) is 3.47. The van der Waals surface area contributed by atoms with Gasteiger partial charge in [0.25, 0.3) is 0 Å². The molecule has 0 saturated carbocycles. The number of carboxylic acid groups (broad SMARTS) is 1. The number of anilines is 1. The summed E-state index contributed by atoms with van der Waals surface area (Å²) in [4.78, 5) is 11.0. The second-order valence-electron chi connectivity index (χ2n) is 4.64. The normalized spacial score (nSPS) is 10.5. The number of hydrogen-bond acceptors (Lipinski definition) is 4. The smallest absolute Gasteiger partial charge is 0.335 e. The first kappa shape index (κ1) is 13.1.